The van der Waals surface area contributed by atoms with E-state index in [1.807, 2.05) is 0 Å². The molecule has 10 heteroatoms. The number of methoxy groups -OCH3 is 1. The number of rotatable bonds is 5. The fourth-order valence-corrected chi connectivity index (χ4v) is 2.18. The number of ether oxygens (including phenoxy) is 2. The van der Waals surface area contributed by atoms with E-state index in [2.05, 4.69) is 19.9 Å². The van der Waals surface area contributed by atoms with Gasteiger partial charge >= 0.3 is 6.18 Å². The molecule has 6 nitrogen and oxygen atoms in total. The van der Waals surface area contributed by atoms with Gasteiger partial charge in [0.05, 0.1) is 0 Å². The molecular formula is C15H12F4N4O2. The van der Waals surface area contributed by atoms with E-state index >= 15 is 0 Å². The lowest BCUT2D eigenvalue weighted by atomic mass is 10.1. The predicted octanol–water partition coefficient (Wildman–Crippen LogP) is 3.02. The molecule has 0 aliphatic heterocycles. The number of pyridine rings is 2. The largest absolute Gasteiger partial charge is 0.466 e. The molecule has 0 spiro atoms. The number of nitrogens with zero attached hydrogens (tertiary/aromatic N) is 4. The zero-order valence-corrected chi connectivity index (χ0v) is 12.9. The topological polar surface area (TPSA) is 61.5 Å². The standard InChI is InChI=1S/C15H12F4N4O2/c1-24-7-13-22-21-12-3-2-9(6-23(12)13)10-4-11(16)14(20-5-10)25-8-15(17,18)19/h2-6H,7-8H2,1H3. The Balaban J connectivity index is 1.90. The third-order valence-corrected chi connectivity index (χ3v) is 3.26. The first kappa shape index (κ1) is 17.1. The lowest BCUT2D eigenvalue weighted by molar-refractivity contribution is -0.154. The summed E-state index contributed by atoms with van der Waals surface area (Å²) >= 11 is 0. The molecule has 132 valence electrons. The van der Waals surface area contributed by atoms with Crippen LogP contribution in [0.15, 0.2) is 30.6 Å². The van der Waals surface area contributed by atoms with Crippen LogP contribution in [0.2, 0.25) is 0 Å². The van der Waals surface area contributed by atoms with Crippen LogP contribution in [-0.4, -0.2) is 39.5 Å². The number of aromatic nitrogens is 4. The van der Waals surface area contributed by atoms with Gasteiger partial charge in [0.25, 0.3) is 5.88 Å². The Morgan fingerprint density at radius 2 is 1.96 bits per heavy atom. The van der Waals surface area contributed by atoms with Crippen LogP contribution < -0.4 is 4.74 Å². The molecule has 0 bridgehead atoms. The minimum Gasteiger partial charge on any atom is -0.466 e. The van der Waals surface area contributed by atoms with E-state index in [1.165, 1.54) is 13.3 Å². The van der Waals surface area contributed by atoms with Crippen LogP contribution in [0.1, 0.15) is 5.82 Å². The quantitative estimate of drug-likeness (QED) is 0.658. The monoisotopic (exact) mass is 356 g/mol. The van der Waals surface area contributed by atoms with Gasteiger partial charge in [-0.15, -0.1) is 10.2 Å². The summed E-state index contributed by atoms with van der Waals surface area (Å²) in [5.74, 6) is -1.13. The van der Waals surface area contributed by atoms with Gasteiger partial charge in [-0.2, -0.15) is 13.2 Å². The van der Waals surface area contributed by atoms with Gasteiger partial charge in [-0.25, -0.2) is 9.37 Å². The maximum absolute atomic E-state index is 14.0. The van der Waals surface area contributed by atoms with Crippen LogP contribution in [0.25, 0.3) is 16.8 Å². The molecule has 3 aromatic rings. The van der Waals surface area contributed by atoms with Crippen molar-refractivity contribution in [1.29, 1.82) is 0 Å². The van der Waals surface area contributed by atoms with Gasteiger partial charge in [-0.1, -0.05) is 0 Å². The van der Waals surface area contributed by atoms with Crippen molar-refractivity contribution >= 4 is 5.65 Å². The molecule has 0 aliphatic rings. The Labute approximate surface area is 139 Å². The number of fused-ring (bicyclic) bond motifs is 1. The molecular weight excluding hydrogens is 344 g/mol. The van der Waals surface area contributed by atoms with E-state index in [0.29, 0.717) is 22.6 Å². The summed E-state index contributed by atoms with van der Waals surface area (Å²) in [6.45, 7) is -1.37. The summed E-state index contributed by atoms with van der Waals surface area (Å²) in [4.78, 5) is 3.62. The Morgan fingerprint density at radius 3 is 2.64 bits per heavy atom. The molecule has 0 amide bonds. The van der Waals surface area contributed by atoms with Crippen molar-refractivity contribution in [2.45, 2.75) is 12.8 Å². The van der Waals surface area contributed by atoms with Crippen LogP contribution in [0.4, 0.5) is 17.6 Å². The maximum atomic E-state index is 14.0. The van der Waals surface area contributed by atoms with Crippen molar-refractivity contribution < 1.29 is 27.0 Å². The lowest BCUT2D eigenvalue weighted by Crippen LogP contribution is -2.20. The molecule has 0 aromatic carbocycles. The smallest absolute Gasteiger partial charge is 0.422 e. The van der Waals surface area contributed by atoms with Crippen LogP contribution in [0.5, 0.6) is 5.88 Å². The molecule has 3 aromatic heterocycles. The highest BCUT2D eigenvalue weighted by atomic mass is 19.4. The first-order chi connectivity index (χ1) is 11.9. The van der Waals surface area contributed by atoms with E-state index in [0.717, 1.165) is 6.07 Å². The summed E-state index contributed by atoms with van der Waals surface area (Å²) in [5.41, 5.74) is 1.53. The number of halogens is 4. The van der Waals surface area contributed by atoms with Crippen molar-refractivity contribution in [1.82, 2.24) is 19.6 Å². The highest BCUT2D eigenvalue weighted by Crippen LogP contribution is 2.25. The van der Waals surface area contributed by atoms with Gasteiger partial charge in [-0.05, 0) is 18.2 Å². The van der Waals surface area contributed by atoms with Crippen LogP contribution in [0.3, 0.4) is 0 Å². The maximum Gasteiger partial charge on any atom is 0.422 e. The minimum absolute atomic E-state index is 0.238. The average molecular weight is 356 g/mol. The van der Waals surface area contributed by atoms with Gasteiger partial charge in [0, 0.05) is 30.6 Å². The fraction of sp³-hybridized carbons (Fsp3) is 0.267. The molecule has 0 saturated carbocycles. The van der Waals surface area contributed by atoms with Crippen molar-refractivity contribution in [2.75, 3.05) is 13.7 Å². The molecule has 0 aliphatic carbocycles. The average Bonchev–Trinajstić information content (AvgIpc) is 2.95. The first-order valence-electron chi connectivity index (χ1n) is 7.05. The van der Waals surface area contributed by atoms with E-state index in [1.54, 1.807) is 22.7 Å². The van der Waals surface area contributed by atoms with Crippen molar-refractivity contribution in [2.24, 2.45) is 0 Å². The zero-order chi connectivity index (χ0) is 18.0. The van der Waals surface area contributed by atoms with Gasteiger partial charge in [0.1, 0.15) is 6.61 Å². The highest BCUT2D eigenvalue weighted by Gasteiger charge is 2.29. The molecule has 0 N–H and O–H groups in total. The lowest BCUT2D eigenvalue weighted by Gasteiger charge is -2.10. The summed E-state index contributed by atoms with van der Waals surface area (Å²) in [6, 6.07) is 4.40. The summed E-state index contributed by atoms with van der Waals surface area (Å²) in [5, 5.41) is 7.94. The van der Waals surface area contributed by atoms with Crippen molar-refractivity contribution in [3.63, 3.8) is 0 Å². The second-order valence-corrected chi connectivity index (χ2v) is 5.11. The highest BCUT2D eigenvalue weighted by molar-refractivity contribution is 5.64. The van der Waals surface area contributed by atoms with Gasteiger partial charge in [0.15, 0.2) is 23.9 Å². The molecule has 0 radical (unpaired) electrons. The molecule has 3 rings (SSSR count). The predicted molar refractivity (Wildman–Crippen MR) is 78.4 cm³/mol. The van der Waals surface area contributed by atoms with Gasteiger partial charge in [0.2, 0.25) is 0 Å². The number of hydrogen-bond acceptors (Lipinski definition) is 5. The van der Waals surface area contributed by atoms with Crippen LogP contribution in [0, 0.1) is 5.82 Å². The second kappa shape index (κ2) is 6.63. The molecule has 0 atom stereocenters. The fourth-order valence-electron chi connectivity index (χ4n) is 2.18. The Morgan fingerprint density at radius 1 is 1.16 bits per heavy atom. The Kier molecular flexibility index (Phi) is 4.53. The SMILES string of the molecule is COCc1nnc2ccc(-c3cnc(OCC(F)(F)F)c(F)c3)cn12. The van der Waals surface area contributed by atoms with Crippen LogP contribution >= 0.6 is 0 Å². The summed E-state index contributed by atoms with van der Waals surface area (Å²) in [7, 11) is 1.52. The zero-order valence-electron chi connectivity index (χ0n) is 12.9. The first-order valence-corrected chi connectivity index (χ1v) is 7.05. The summed E-state index contributed by atoms with van der Waals surface area (Å²) in [6.07, 6.45) is -1.67. The van der Waals surface area contributed by atoms with Crippen molar-refractivity contribution in [3.8, 4) is 17.0 Å². The van der Waals surface area contributed by atoms with E-state index in [-0.39, 0.29) is 6.61 Å². The van der Waals surface area contributed by atoms with Crippen LogP contribution in [-0.2, 0) is 11.3 Å². The summed E-state index contributed by atoms with van der Waals surface area (Å²) < 4.78 is 61.4. The van der Waals surface area contributed by atoms with E-state index in [4.69, 9.17) is 4.74 Å². The van der Waals surface area contributed by atoms with Gasteiger partial charge in [-0.3, -0.25) is 4.40 Å². The van der Waals surface area contributed by atoms with E-state index in [9.17, 15) is 17.6 Å². The van der Waals surface area contributed by atoms with E-state index < -0.39 is 24.5 Å². The molecule has 3 heterocycles. The Bertz CT molecular complexity index is 895. The van der Waals surface area contributed by atoms with Gasteiger partial charge < -0.3 is 9.47 Å². The second-order valence-electron chi connectivity index (χ2n) is 5.11. The third kappa shape index (κ3) is 3.85. The van der Waals surface area contributed by atoms with Crippen molar-refractivity contribution in [3.05, 3.63) is 42.2 Å². The normalized spacial score (nSPS) is 11.9. The molecule has 0 saturated heterocycles. The number of hydrogen-bond donors (Lipinski definition) is 0. The Hall–Kier alpha value is -2.75. The minimum atomic E-state index is -4.57. The molecule has 0 unspecified atom stereocenters. The third-order valence-electron chi connectivity index (χ3n) is 3.26. The molecule has 0 fully saturated rings. The molecule has 25 heavy (non-hydrogen) atoms. The number of alkyl halides is 3.